The molecule has 2 aromatic carbocycles. The van der Waals surface area contributed by atoms with Gasteiger partial charge in [0.1, 0.15) is 11.6 Å². The highest BCUT2D eigenvalue weighted by Crippen LogP contribution is 2.30. The minimum atomic E-state index is -0.305. The highest BCUT2D eigenvalue weighted by molar-refractivity contribution is 5.82. The zero-order chi connectivity index (χ0) is 17.1. The summed E-state index contributed by atoms with van der Waals surface area (Å²) >= 11 is 0. The van der Waals surface area contributed by atoms with Gasteiger partial charge < -0.3 is 10.2 Å². The molecular formula is C19H20F2N2O. The van der Waals surface area contributed by atoms with Gasteiger partial charge in [0.15, 0.2) is 0 Å². The maximum absolute atomic E-state index is 14.3. The molecule has 1 N–H and O–H groups in total. The summed E-state index contributed by atoms with van der Waals surface area (Å²) in [5.41, 5.74) is 3.23. The third-order valence-electron chi connectivity index (χ3n) is 4.21. The highest BCUT2D eigenvalue weighted by Gasteiger charge is 2.22. The number of benzene rings is 2. The van der Waals surface area contributed by atoms with Crippen LogP contribution in [0.3, 0.4) is 0 Å². The number of nitrogens with zero attached hydrogens (tertiary/aromatic N) is 1. The molecule has 0 unspecified atom stereocenters. The zero-order valence-electron chi connectivity index (χ0n) is 13.6. The van der Waals surface area contributed by atoms with Crippen LogP contribution in [0.1, 0.15) is 23.1 Å². The molecule has 0 saturated carbocycles. The molecule has 1 heterocycles. The second-order valence-corrected chi connectivity index (χ2v) is 6.18. The van der Waals surface area contributed by atoms with E-state index < -0.39 is 0 Å². The molecule has 2 aromatic rings. The Morgan fingerprint density at radius 1 is 1.21 bits per heavy atom. The van der Waals surface area contributed by atoms with Crippen molar-refractivity contribution in [2.75, 3.05) is 18.0 Å². The lowest BCUT2D eigenvalue weighted by molar-refractivity contribution is -0.119. The number of halogens is 2. The van der Waals surface area contributed by atoms with E-state index in [1.54, 1.807) is 17.0 Å². The SMILES string of the molecule is Cc1cc(F)c2c(c1)CCCN2CC(=O)NCc1ccc(F)cc1. The zero-order valence-corrected chi connectivity index (χ0v) is 13.6. The lowest BCUT2D eigenvalue weighted by Crippen LogP contribution is -2.40. The van der Waals surface area contributed by atoms with E-state index in [0.29, 0.717) is 18.8 Å². The molecule has 1 aliphatic heterocycles. The molecule has 0 spiro atoms. The van der Waals surface area contributed by atoms with Gasteiger partial charge in [0, 0.05) is 13.1 Å². The van der Waals surface area contributed by atoms with Crippen molar-refractivity contribution in [2.24, 2.45) is 0 Å². The first kappa shape index (κ1) is 16.4. The van der Waals surface area contributed by atoms with Gasteiger partial charge in [-0.15, -0.1) is 0 Å². The van der Waals surface area contributed by atoms with Gasteiger partial charge in [0.25, 0.3) is 0 Å². The van der Waals surface area contributed by atoms with Crippen molar-refractivity contribution < 1.29 is 13.6 Å². The average Bonchev–Trinajstić information content (AvgIpc) is 2.54. The highest BCUT2D eigenvalue weighted by atomic mass is 19.1. The smallest absolute Gasteiger partial charge is 0.239 e. The number of rotatable bonds is 4. The number of anilines is 1. The molecule has 0 aromatic heterocycles. The van der Waals surface area contributed by atoms with Crippen LogP contribution in [0.4, 0.5) is 14.5 Å². The van der Waals surface area contributed by atoms with E-state index in [0.717, 1.165) is 29.5 Å². The molecule has 0 aliphatic carbocycles. The van der Waals surface area contributed by atoms with Crippen molar-refractivity contribution >= 4 is 11.6 Å². The molecule has 0 fully saturated rings. The molecule has 1 aliphatic rings. The minimum absolute atomic E-state index is 0.119. The quantitative estimate of drug-likeness (QED) is 0.932. The lowest BCUT2D eigenvalue weighted by Gasteiger charge is -2.31. The largest absolute Gasteiger partial charge is 0.360 e. The summed E-state index contributed by atoms with van der Waals surface area (Å²) in [6.45, 7) is 2.99. The normalized spacial score (nSPS) is 13.5. The number of nitrogens with one attached hydrogen (secondary N) is 1. The first-order valence-electron chi connectivity index (χ1n) is 8.08. The Labute approximate surface area is 140 Å². The van der Waals surface area contributed by atoms with Crippen molar-refractivity contribution in [2.45, 2.75) is 26.3 Å². The van der Waals surface area contributed by atoms with Crippen LogP contribution in [0.25, 0.3) is 0 Å². The van der Waals surface area contributed by atoms with Gasteiger partial charge in [-0.3, -0.25) is 4.79 Å². The van der Waals surface area contributed by atoms with Crippen LogP contribution in [-0.4, -0.2) is 19.0 Å². The Kier molecular flexibility index (Phi) is 4.79. The Hall–Kier alpha value is -2.43. The van der Waals surface area contributed by atoms with Crippen LogP contribution in [0.2, 0.25) is 0 Å². The molecule has 0 atom stereocenters. The summed E-state index contributed by atoms with van der Waals surface area (Å²) in [6, 6.07) is 9.48. The monoisotopic (exact) mass is 330 g/mol. The van der Waals surface area contributed by atoms with E-state index in [1.165, 1.54) is 18.2 Å². The molecule has 0 radical (unpaired) electrons. The van der Waals surface area contributed by atoms with E-state index in [9.17, 15) is 13.6 Å². The van der Waals surface area contributed by atoms with Crippen LogP contribution < -0.4 is 10.2 Å². The second kappa shape index (κ2) is 6.99. The van der Waals surface area contributed by atoms with Crippen LogP contribution >= 0.6 is 0 Å². The van der Waals surface area contributed by atoms with E-state index in [4.69, 9.17) is 0 Å². The van der Waals surface area contributed by atoms with Gasteiger partial charge >= 0.3 is 0 Å². The van der Waals surface area contributed by atoms with Crippen molar-refractivity contribution in [3.05, 3.63) is 64.7 Å². The third kappa shape index (κ3) is 3.72. The van der Waals surface area contributed by atoms with E-state index in [-0.39, 0.29) is 24.1 Å². The number of carbonyl (C=O) groups is 1. The molecule has 24 heavy (non-hydrogen) atoms. The summed E-state index contributed by atoms with van der Waals surface area (Å²) in [7, 11) is 0. The summed E-state index contributed by atoms with van der Waals surface area (Å²) < 4.78 is 27.2. The van der Waals surface area contributed by atoms with Crippen molar-refractivity contribution in [1.29, 1.82) is 0 Å². The third-order valence-corrected chi connectivity index (χ3v) is 4.21. The predicted molar refractivity (Wildman–Crippen MR) is 89.9 cm³/mol. The number of hydrogen-bond acceptors (Lipinski definition) is 2. The predicted octanol–water partition coefficient (Wildman–Crippen LogP) is 3.34. The average molecular weight is 330 g/mol. The van der Waals surface area contributed by atoms with Crippen LogP contribution in [0, 0.1) is 18.6 Å². The summed E-state index contributed by atoms with van der Waals surface area (Å²) in [5, 5.41) is 2.80. The minimum Gasteiger partial charge on any atom is -0.360 e. The molecule has 126 valence electrons. The lowest BCUT2D eigenvalue weighted by atomic mass is 9.99. The number of hydrogen-bond donors (Lipinski definition) is 1. The number of amides is 1. The van der Waals surface area contributed by atoms with Crippen molar-refractivity contribution in [3.8, 4) is 0 Å². The molecule has 0 bridgehead atoms. The van der Waals surface area contributed by atoms with Crippen LogP contribution in [0.15, 0.2) is 36.4 Å². The van der Waals surface area contributed by atoms with Gasteiger partial charge in [0.05, 0.1) is 12.2 Å². The first-order valence-corrected chi connectivity index (χ1v) is 8.08. The van der Waals surface area contributed by atoms with Gasteiger partial charge in [-0.05, 0) is 54.7 Å². The Balaban J connectivity index is 1.64. The van der Waals surface area contributed by atoms with Crippen LogP contribution in [0.5, 0.6) is 0 Å². The van der Waals surface area contributed by atoms with Crippen LogP contribution in [-0.2, 0) is 17.8 Å². The summed E-state index contributed by atoms with van der Waals surface area (Å²) in [4.78, 5) is 14.0. The van der Waals surface area contributed by atoms with Gasteiger partial charge in [0.2, 0.25) is 5.91 Å². The number of aryl methyl sites for hydroxylation is 2. The van der Waals surface area contributed by atoms with E-state index in [2.05, 4.69) is 5.32 Å². The Morgan fingerprint density at radius 3 is 2.71 bits per heavy atom. The van der Waals surface area contributed by atoms with Gasteiger partial charge in [-0.1, -0.05) is 18.2 Å². The maximum Gasteiger partial charge on any atom is 0.239 e. The fourth-order valence-electron chi connectivity index (χ4n) is 3.11. The second-order valence-electron chi connectivity index (χ2n) is 6.18. The number of fused-ring (bicyclic) bond motifs is 1. The Bertz CT molecular complexity index is 744. The summed E-state index contributed by atoms with van der Waals surface area (Å²) in [5.74, 6) is -0.746. The fraction of sp³-hybridized carbons (Fsp3) is 0.316. The topological polar surface area (TPSA) is 32.3 Å². The van der Waals surface area contributed by atoms with Crippen molar-refractivity contribution in [1.82, 2.24) is 5.32 Å². The molecule has 3 rings (SSSR count). The van der Waals surface area contributed by atoms with E-state index in [1.807, 2.05) is 13.0 Å². The molecule has 1 amide bonds. The molecular weight excluding hydrogens is 310 g/mol. The molecule has 3 nitrogen and oxygen atoms in total. The maximum atomic E-state index is 14.3. The molecule has 0 saturated heterocycles. The summed E-state index contributed by atoms with van der Waals surface area (Å²) in [6.07, 6.45) is 1.74. The van der Waals surface area contributed by atoms with Gasteiger partial charge in [-0.2, -0.15) is 0 Å². The van der Waals surface area contributed by atoms with E-state index >= 15 is 0 Å². The standard InChI is InChI=1S/C19H20F2N2O/c1-13-9-15-3-2-8-23(19(15)17(21)10-13)12-18(24)22-11-14-4-6-16(20)7-5-14/h4-7,9-10H,2-3,8,11-12H2,1H3,(H,22,24). The number of carbonyl (C=O) groups excluding carboxylic acids is 1. The fourth-order valence-corrected chi connectivity index (χ4v) is 3.11. The Morgan fingerprint density at radius 2 is 1.96 bits per heavy atom. The van der Waals surface area contributed by atoms with Crippen molar-refractivity contribution in [3.63, 3.8) is 0 Å². The first-order chi connectivity index (χ1) is 11.5. The molecule has 5 heteroatoms. The van der Waals surface area contributed by atoms with Gasteiger partial charge in [-0.25, -0.2) is 8.78 Å².